The van der Waals surface area contributed by atoms with Gasteiger partial charge in [0.25, 0.3) is 0 Å². The second kappa shape index (κ2) is 14.6. The maximum atomic E-state index is 6.20. The van der Waals surface area contributed by atoms with Crippen molar-refractivity contribution in [3.63, 3.8) is 0 Å². The molecule has 2 atom stereocenters. The largest absolute Gasteiger partial charge is 0.376 e. The molecule has 2 heteroatoms. The molecule has 0 amide bonds. The Bertz CT molecular complexity index is 399. The molecule has 0 bridgehead atoms. The molecule has 0 aromatic heterocycles. The molecular weight excluding hydrogens is 344 g/mol. The predicted octanol–water partition coefficient (Wildman–Crippen LogP) is 8.35. The van der Waals surface area contributed by atoms with Crippen LogP contribution in [0.25, 0.3) is 0 Å². The summed E-state index contributed by atoms with van der Waals surface area (Å²) in [7, 11) is 0. The van der Waals surface area contributed by atoms with Gasteiger partial charge in [-0.1, -0.05) is 51.2 Å². The van der Waals surface area contributed by atoms with Crippen LogP contribution in [0.2, 0.25) is 0 Å². The van der Waals surface area contributed by atoms with Crippen LogP contribution in [0.1, 0.15) is 120 Å². The van der Waals surface area contributed by atoms with Gasteiger partial charge in [0, 0.05) is 13.2 Å². The van der Waals surface area contributed by atoms with Crippen molar-refractivity contribution in [3.8, 4) is 0 Å². The van der Waals surface area contributed by atoms with E-state index in [0.717, 1.165) is 37.9 Å². The van der Waals surface area contributed by atoms with Crippen LogP contribution >= 0.6 is 0 Å². The van der Waals surface area contributed by atoms with Gasteiger partial charge in [0.2, 0.25) is 0 Å². The van der Waals surface area contributed by atoms with E-state index < -0.39 is 0 Å². The predicted molar refractivity (Wildman–Crippen MR) is 125 cm³/mol. The molecule has 2 nitrogen and oxygen atoms in total. The lowest BCUT2D eigenvalue weighted by atomic mass is 9.95. The van der Waals surface area contributed by atoms with Crippen molar-refractivity contribution in [2.45, 2.75) is 131 Å². The minimum atomic E-state index is -0.0149. The van der Waals surface area contributed by atoms with E-state index in [-0.39, 0.29) is 11.2 Å². The Kier molecular flexibility index (Phi) is 14.4. The van der Waals surface area contributed by atoms with E-state index in [1.807, 2.05) is 0 Å². The summed E-state index contributed by atoms with van der Waals surface area (Å²) in [6.07, 6.45) is 13.5. The lowest BCUT2D eigenvalue weighted by Crippen LogP contribution is -2.25. The fourth-order valence-electron chi connectivity index (χ4n) is 3.40. The first-order valence-corrected chi connectivity index (χ1v) is 11.8. The zero-order valence-corrected chi connectivity index (χ0v) is 20.8. The molecule has 0 saturated carbocycles. The summed E-state index contributed by atoms with van der Waals surface area (Å²) in [6.45, 7) is 21.8. The third-order valence-electron chi connectivity index (χ3n) is 5.42. The number of hydrogen-bond acceptors (Lipinski definition) is 2. The molecule has 0 aliphatic heterocycles. The van der Waals surface area contributed by atoms with Crippen LogP contribution < -0.4 is 0 Å². The van der Waals surface area contributed by atoms with Gasteiger partial charge in [-0.15, -0.1) is 0 Å². The molecule has 0 rings (SSSR count). The molecule has 0 aliphatic carbocycles. The Morgan fingerprint density at radius 2 is 1.36 bits per heavy atom. The van der Waals surface area contributed by atoms with Gasteiger partial charge < -0.3 is 9.47 Å². The van der Waals surface area contributed by atoms with Gasteiger partial charge in [0.15, 0.2) is 0 Å². The van der Waals surface area contributed by atoms with E-state index in [2.05, 4.69) is 68.4 Å². The molecule has 0 aliphatic rings. The van der Waals surface area contributed by atoms with Crippen molar-refractivity contribution in [1.29, 1.82) is 0 Å². The van der Waals surface area contributed by atoms with Crippen LogP contribution in [0.15, 0.2) is 11.6 Å². The molecule has 168 valence electrons. The lowest BCUT2D eigenvalue weighted by Gasteiger charge is -2.26. The van der Waals surface area contributed by atoms with Gasteiger partial charge in [-0.3, -0.25) is 0 Å². The second-order valence-corrected chi connectivity index (χ2v) is 10.8. The number of ether oxygens (including phenoxy) is 2. The third kappa shape index (κ3) is 19.0. The van der Waals surface area contributed by atoms with Gasteiger partial charge in [0.05, 0.1) is 11.2 Å². The van der Waals surface area contributed by atoms with Crippen LogP contribution in [0.3, 0.4) is 0 Å². The SMILES string of the molecule is CC(C)=CCCC(C)CCCCOC(C)(C)CCCC(C)CCOC(C)(C)C. The summed E-state index contributed by atoms with van der Waals surface area (Å²) < 4.78 is 12.0. The second-order valence-electron chi connectivity index (χ2n) is 10.8. The van der Waals surface area contributed by atoms with E-state index in [1.165, 1.54) is 50.5 Å². The van der Waals surface area contributed by atoms with Gasteiger partial charge in [-0.2, -0.15) is 0 Å². The Morgan fingerprint density at radius 3 is 1.96 bits per heavy atom. The van der Waals surface area contributed by atoms with Crippen molar-refractivity contribution >= 4 is 0 Å². The first-order valence-electron chi connectivity index (χ1n) is 11.8. The number of unbranched alkanes of at least 4 members (excludes halogenated alkanes) is 1. The average Bonchev–Trinajstić information content (AvgIpc) is 2.52. The molecule has 0 spiro atoms. The van der Waals surface area contributed by atoms with Crippen molar-refractivity contribution in [2.75, 3.05) is 13.2 Å². The van der Waals surface area contributed by atoms with Crippen molar-refractivity contribution in [2.24, 2.45) is 11.8 Å². The van der Waals surface area contributed by atoms with E-state index in [4.69, 9.17) is 9.47 Å². The highest BCUT2D eigenvalue weighted by atomic mass is 16.5. The van der Waals surface area contributed by atoms with Crippen molar-refractivity contribution in [3.05, 3.63) is 11.6 Å². The van der Waals surface area contributed by atoms with Crippen LogP contribution in [0.4, 0.5) is 0 Å². The minimum Gasteiger partial charge on any atom is -0.376 e. The number of hydrogen-bond donors (Lipinski definition) is 0. The van der Waals surface area contributed by atoms with Crippen LogP contribution in [0, 0.1) is 11.8 Å². The van der Waals surface area contributed by atoms with Crippen molar-refractivity contribution in [1.82, 2.24) is 0 Å². The summed E-state index contributed by atoms with van der Waals surface area (Å²) in [6, 6.07) is 0. The summed E-state index contributed by atoms with van der Waals surface area (Å²) in [4.78, 5) is 0. The quantitative estimate of drug-likeness (QED) is 0.193. The molecule has 0 aromatic carbocycles. The fraction of sp³-hybridized carbons (Fsp3) is 0.923. The molecule has 0 N–H and O–H groups in total. The molecular formula is C26H52O2. The highest BCUT2D eigenvalue weighted by Gasteiger charge is 2.18. The fourth-order valence-corrected chi connectivity index (χ4v) is 3.40. The summed E-state index contributed by atoms with van der Waals surface area (Å²) >= 11 is 0. The van der Waals surface area contributed by atoms with Crippen LogP contribution in [0.5, 0.6) is 0 Å². The zero-order chi connectivity index (χ0) is 21.6. The number of allylic oxidation sites excluding steroid dienone is 2. The first kappa shape index (κ1) is 27.7. The van der Waals surface area contributed by atoms with Crippen LogP contribution in [-0.2, 0) is 9.47 Å². The molecule has 0 fully saturated rings. The van der Waals surface area contributed by atoms with Crippen LogP contribution in [-0.4, -0.2) is 24.4 Å². The zero-order valence-electron chi connectivity index (χ0n) is 20.8. The smallest absolute Gasteiger partial charge is 0.0626 e. The molecule has 2 unspecified atom stereocenters. The summed E-state index contributed by atoms with van der Waals surface area (Å²) in [5.74, 6) is 1.55. The average molecular weight is 397 g/mol. The Hall–Kier alpha value is -0.340. The maximum absolute atomic E-state index is 6.20. The normalized spacial score (nSPS) is 14.8. The van der Waals surface area contributed by atoms with E-state index in [1.54, 1.807) is 0 Å². The van der Waals surface area contributed by atoms with E-state index >= 15 is 0 Å². The lowest BCUT2D eigenvalue weighted by molar-refractivity contribution is -0.0282. The van der Waals surface area contributed by atoms with E-state index in [0.29, 0.717) is 0 Å². The van der Waals surface area contributed by atoms with Crippen molar-refractivity contribution < 1.29 is 9.47 Å². The maximum Gasteiger partial charge on any atom is 0.0626 e. The van der Waals surface area contributed by atoms with Gasteiger partial charge in [-0.05, 0) is 92.4 Å². The molecule has 0 radical (unpaired) electrons. The monoisotopic (exact) mass is 396 g/mol. The summed E-state index contributed by atoms with van der Waals surface area (Å²) in [5.41, 5.74) is 1.44. The van der Waals surface area contributed by atoms with Gasteiger partial charge in [-0.25, -0.2) is 0 Å². The third-order valence-corrected chi connectivity index (χ3v) is 5.42. The topological polar surface area (TPSA) is 18.5 Å². The highest BCUT2D eigenvalue weighted by molar-refractivity contribution is 4.92. The molecule has 0 heterocycles. The first-order chi connectivity index (χ1) is 12.9. The number of rotatable bonds is 16. The standard InChI is InChI=1S/C26H52O2/c1-22(2)14-12-16-23(3)15-10-11-20-28-26(8,9)19-13-17-24(4)18-21-27-25(5,6)7/h14,23-24H,10-13,15-21H2,1-9H3. The summed E-state index contributed by atoms with van der Waals surface area (Å²) in [5, 5.41) is 0. The molecule has 28 heavy (non-hydrogen) atoms. The Labute approximate surface area is 177 Å². The molecule has 0 saturated heterocycles. The Balaban J connectivity index is 3.73. The van der Waals surface area contributed by atoms with E-state index in [9.17, 15) is 0 Å². The van der Waals surface area contributed by atoms with Gasteiger partial charge in [0.1, 0.15) is 0 Å². The van der Waals surface area contributed by atoms with Gasteiger partial charge >= 0.3 is 0 Å². The highest BCUT2D eigenvalue weighted by Crippen LogP contribution is 2.23. The molecule has 0 aromatic rings. The Morgan fingerprint density at radius 1 is 0.750 bits per heavy atom. The minimum absolute atomic E-state index is 0.0106.